The highest BCUT2D eigenvalue weighted by molar-refractivity contribution is 7.20. The quantitative estimate of drug-likeness (QED) is 0.537. The number of aromatic nitrogens is 3. The summed E-state index contributed by atoms with van der Waals surface area (Å²) in [6.07, 6.45) is 1.73. The Morgan fingerprint density at radius 3 is 3.00 bits per heavy atom. The monoisotopic (exact) mass is 388 g/mol. The molecular formula is C18H17ClN4O2S. The molecule has 1 atom stereocenters. The third-order valence-electron chi connectivity index (χ3n) is 4.07. The van der Waals surface area contributed by atoms with Crippen molar-refractivity contribution in [2.45, 2.75) is 32.7 Å². The van der Waals surface area contributed by atoms with Gasteiger partial charge >= 0.3 is 0 Å². The van der Waals surface area contributed by atoms with Crippen molar-refractivity contribution >= 4 is 44.0 Å². The van der Waals surface area contributed by atoms with Crippen molar-refractivity contribution in [1.82, 2.24) is 14.6 Å². The molecular weight excluding hydrogens is 372 g/mol. The average Bonchev–Trinajstić information content (AvgIpc) is 3.18. The summed E-state index contributed by atoms with van der Waals surface area (Å²) in [5.74, 6) is 0.772. The van der Waals surface area contributed by atoms with E-state index in [0.29, 0.717) is 15.1 Å². The van der Waals surface area contributed by atoms with Crippen molar-refractivity contribution in [1.29, 1.82) is 0 Å². The lowest BCUT2D eigenvalue weighted by Crippen LogP contribution is -2.15. The van der Waals surface area contributed by atoms with Crippen LogP contribution in [0.15, 0.2) is 39.5 Å². The number of hydrogen-bond donors (Lipinski definition) is 1. The molecule has 8 heteroatoms. The van der Waals surface area contributed by atoms with Gasteiger partial charge in [0.25, 0.3) is 5.56 Å². The van der Waals surface area contributed by atoms with Crippen LogP contribution in [-0.2, 0) is 6.42 Å². The van der Waals surface area contributed by atoms with E-state index in [-0.39, 0.29) is 11.6 Å². The smallest absolute Gasteiger partial charge is 0.275 e. The van der Waals surface area contributed by atoms with Crippen LogP contribution < -0.4 is 10.9 Å². The Kier molecular flexibility index (Phi) is 4.42. The summed E-state index contributed by atoms with van der Waals surface area (Å²) in [5, 5.41) is 9.86. The Hall–Kier alpha value is -2.38. The van der Waals surface area contributed by atoms with Gasteiger partial charge in [0.1, 0.15) is 11.3 Å². The molecule has 0 aliphatic rings. The van der Waals surface area contributed by atoms with Gasteiger partial charge in [-0.15, -0.1) is 5.10 Å². The van der Waals surface area contributed by atoms with Crippen LogP contribution in [0.1, 0.15) is 37.8 Å². The fourth-order valence-corrected chi connectivity index (χ4v) is 3.90. The number of anilines is 1. The highest BCUT2D eigenvalue weighted by Crippen LogP contribution is 2.29. The SMILES string of the molecule is CCCc1cc(=O)n2nc(NC(C)c3cc4cc(Cl)ccc4o3)sc2n1. The summed E-state index contributed by atoms with van der Waals surface area (Å²) in [5.41, 5.74) is 1.42. The molecule has 0 aliphatic carbocycles. The van der Waals surface area contributed by atoms with Gasteiger partial charge in [-0.25, -0.2) is 4.98 Å². The number of nitrogens with zero attached hydrogens (tertiary/aromatic N) is 3. The Morgan fingerprint density at radius 2 is 2.19 bits per heavy atom. The van der Waals surface area contributed by atoms with E-state index in [1.54, 1.807) is 12.1 Å². The predicted molar refractivity (Wildman–Crippen MR) is 104 cm³/mol. The Bertz CT molecular complexity index is 1150. The molecule has 0 radical (unpaired) electrons. The van der Waals surface area contributed by atoms with Crippen LogP contribution in [0.4, 0.5) is 5.13 Å². The third-order valence-corrected chi connectivity index (χ3v) is 5.14. The Morgan fingerprint density at radius 1 is 1.35 bits per heavy atom. The predicted octanol–water partition coefficient (Wildman–Crippen LogP) is 4.68. The molecule has 0 amide bonds. The topological polar surface area (TPSA) is 72.4 Å². The van der Waals surface area contributed by atoms with E-state index in [0.717, 1.165) is 35.3 Å². The summed E-state index contributed by atoms with van der Waals surface area (Å²) in [7, 11) is 0. The van der Waals surface area contributed by atoms with Crippen LogP contribution >= 0.6 is 22.9 Å². The van der Waals surface area contributed by atoms with E-state index >= 15 is 0 Å². The molecule has 0 aliphatic heterocycles. The number of fused-ring (bicyclic) bond motifs is 2. The number of halogens is 1. The number of furan rings is 1. The lowest BCUT2D eigenvalue weighted by atomic mass is 10.2. The zero-order chi connectivity index (χ0) is 18.3. The molecule has 3 heterocycles. The maximum atomic E-state index is 12.2. The first kappa shape index (κ1) is 17.1. The second-order valence-corrected chi connectivity index (χ2v) is 7.53. The van der Waals surface area contributed by atoms with Gasteiger partial charge in [-0.1, -0.05) is 36.3 Å². The van der Waals surface area contributed by atoms with Crippen LogP contribution in [0.25, 0.3) is 15.9 Å². The maximum absolute atomic E-state index is 12.2. The van der Waals surface area contributed by atoms with Crippen molar-refractivity contribution in [2.24, 2.45) is 0 Å². The first-order valence-electron chi connectivity index (χ1n) is 8.39. The van der Waals surface area contributed by atoms with Gasteiger partial charge in [0.2, 0.25) is 10.1 Å². The van der Waals surface area contributed by atoms with Crippen LogP contribution in [0.3, 0.4) is 0 Å². The molecule has 3 aromatic heterocycles. The van der Waals surface area contributed by atoms with Crippen LogP contribution in [0, 0.1) is 0 Å². The van der Waals surface area contributed by atoms with Crippen molar-refractivity contribution in [3.8, 4) is 0 Å². The first-order chi connectivity index (χ1) is 12.5. The van der Waals surface area contributed by atoms with Crippen molar-refractivity contribution < 1.29 is 4.42 Å². The van der Waals surface area contributed by atoms with Crippen LogP contribution in [0.2, 0.25) is 5.02 Å². The molecule has 0 fully saturated rings. The van der Waals surface area contributed by atoms with Gasteiger partial charge in [-0.2, -0.15) is 4.52 Å². The van der Waals surface area contributed by atoms with Gasteiger partial charge in [-0.05, 0) is 37.6 Å². The minimum absolute atomic E-state index is 0.118. The number of nitrogens with one attached hydrogen (secondary N) is 1. The van der Waals surface area contributed by atoms with Crippen molar-refractivity contribution in [2.75, 3.05) is 5.32 Å². The fourth-order valence-electron chi connectivity index (χ4n) is 2.80. The minimum atomic E-state index is -0.159. The van der Waals surface area contributed by atoms with Crippen LogP contribution in [-0.4, -0.2) is 14.6 Å². The second kappa shape index (κ2) is 6.74. The molecule has 0 spiro atoms. The van der Waals surface area contributed by atoms with E-state index in [2.05, 4.69) is 22.3 Å². The minimum Gasteiger partial charge on any atom is -0.459 e. The summed E-state index contributed by atoms with van der Waals surface area (Å²) in [4.78, 5) is 17.3. The fraction of sp³-hybridized carbons (Fsp3) is 0.278. The molecule has 0 saturated carbocycles. The van der Waals surface area contributed by atoms with E-state index in [1.165, 1.54) is 15.9 Å². The van der Waals surface area contributed by atoms with Gasteiger partial charge < -0.3 is 9.73 Å². The zero-order valence-corrected chi connectivity index (χ0v) is 15.9. The molecule has 1 unspecified atom stereocenters. The number of hydrogen-bond acceptors (Lipinski definition) is 6. The molecule has 4 aromatic rings. The van der Waals surface area contributed by atoms with Gasteiger partial charge in [0.15, 0.2) is 0 Å². The maximum Gasteiger partial charge on any atom is 0.275 e. The molecule has 1 N–H and O–H groups in total. The molecule has 0 bridgehead atoms. The largest absolute Gasteiger partial charge is 0.459 e. The summed E-state index contributed by atoms with van der Waals surface area (Å²) in [6.45, 7) is 4.04. The van der Waals surface area contributed by atoms with E-state index in [9.17, 15) is 4.79 Å². The molecule has 4 rings (SSSR count). The summed E-state index contributed by atoms with van der Waals surface area (Å²) >= 11 is 7.38. The normalized spacial score (nSPS) is 12.7. The summed E-state index contributed by atoms with van der Waals surface area (Å²) in [6, 6.07) is 8.90. The first-order valence-corrected chi connectivity index (χ1v) is 9.58. The van der Waals surface area contributed by atoms with E-state index in [4.69, 9.17) is 16.0 Å². The highest BCUT2D eigenvalue weighted by Gasteiger charge is 2.15. The van der Waals surface area contributed by atoms with E-state index in [1.807, 2.05) is 25.1 Å². The molecule has 0 saturated heterocycles. The third kappa shape index (κ3) is 3.20. The number of rotatable bonds is 5. The molecule has 134 valence electrons. The van der Waals surface area contributed by atoms with Gasteiger partial charge in [0.05, 0.1) is 6.04 Å². The molecule has 6 nitrogen and oxygen atoms in total. The van der Waals surface area contributed by atoms with Gasteiger partial charge in [-0.3, -0.25) is 4.79 Å². The number of aryl methyl sites for hydroxylation is 1. The zero-order valence-electron chi connectivity index (χ0n) is 14.3. The molecule has 1 aromatic carbocycles. The molecule has 26 heavy (non-hydrogen) atoms. The number of benzene rings is 1. The standard InChI is InChI=1S/C18H17ClN4O2S/c1-3-4-13-9-16(24)23-18(21-13)26-17(22-23)20-10(2)15-8-11-7-12(19)5-6-14(11)25-15/h5-10H,3-4H2,1-2H3,(H,20,22). The lowest BCUT2D eigenvalue weighted by molar-refractivity contribution is 0.526. The highest BCUT2D eigenvalue weighted by atomic mass is 35.5. The van der Waals surface area contributed by atoms with Crippen LogP contribution in [0.5, 0.6) is 0 Å². The second-order valence-electron chi connectivity index (χ2n) is 6.13. The average molecular weight is 389 g/mol. The van der Waals surface area contributed by atoms with Crippen molar-refractivity contribution in [3.63, 3.8) is 0 Å². The summed E-state index contributed by atoms with van der Waals surface area (Å²) < 4.78 is 7.21. The Labute approximate surface area is 158 Å². The lowest BCUT2D eigenvalue weighted by Gasteiger charge is -2.08. The Balaban J connectivity index is 1.62. The van der Waals surface area contributed by atoms with Crippen molar-refractivity contribution in [3.05, 3.63) is 57.2 Å². The van der Waals surface area contributed by atoms with E-state index < -0.39 is 0 Å². The van der Waals surface area contributed by atoms with Gasteiger partial charge in [0, 0.05) is 22.2 Å².